The molecule has 6 heteroatoms. The van der Waals surface area contributed by atoms with Crippen molar-refractivity contribution in [2.45, 2.75) is 6.92 Å². The van der Waals surface area contributed by atoms with E-state index in [0.29, 0.717) is 0 Å². The zero-order valence-electron chi connectivity index (χ0n) is 4.68. The minimum atomic E-state index is -4.25. The molecule has 52 valence electrons. The summed E-state index contributed by atoms with van der Waals surface area (Å²) in [5.41, 5.74) is -0.461. The molecule has 1 amide bonds. The van der Waals surface area contributed by atoms with Crippen LogP contribution in [0.3, 0.4) is 0 Å². The first-order chi connectivity index (χ1) is 3.98. The van der Waals surface area contributed by atoms with Crippen LogP contribution in [0, 0.1) is 0 Å². The smallest absolute Gasteiger partial charge is 0.320 e. The lowest BCUT2D eigenvalue weighted by molar-refractivity contribution is -0.106. The number of hydrogen-bond acceptors (Lipinski definition) is 2. The van der Waals surface area contributed by atoms with Gasteiger partial charge in [0, 0.05) is 0 Å². The van der Waals surface area contributed by atoms with E-state index in [2.05, 4.69) is 4.99 Å². The van der Waals surface area contributed by atoms with Gasteiger partial charge in [0.25, 0.3) is 0 Å². The highest BCUT2D eigenvalue weighted by Crippen LogP contribution is 2.35. The molecule has 0 rings (SSSR count). The SMILES string of the molecule is CC(=NC=O)P(=O)(O)O. The Balaban J connectivity index is 4.39. The maximum Gasteiger partial charge on any atom is 0.370 e. The average Bonchev–Trinajstić information content (AvgIpc) is 1.64. The second kappa shape index (κ2) is 2.87. The van der Waals surface area contributed by atoms with Gasteiger partial charge in [-0.3, -0.25) is 9.36 Å². The topological polar surface area (TPSA) is 87.0 Å². The number of carbonyl (C=O) groups excluding carboxylic acids is 1. The zero-order valence-corrected chi connectivity index (χ0v) is 5.58. The molecule has 9 heavy (non-hydrogen) atoms. The fourth-order valence-corrected chi connectivity index (χ4v) is 0.349. The second-order valence-corrected chi connectivity index (χ2v) is 3.06. The van der Waals surface area contributed by atoms with Crippen molar-refractivity contribution in [1.82, 2.24) is 0 Å². The molecule has 0 saturated carbocycles. The van der Waals surface area contributed by atoms with E-state index in [1.54, 1.807) is 0 Å². The largest absolute Gasteiger partial charge is 0.370 e. The van der Waals surface area contributed by atoms with Crippen LogP contribution in [0.4, 0.5) is 0 Å². The normalized spacial score (nSPS) is 13.4. The maximum atomic E-state index is 10.1. The summed E-state index contributed by atoms with van der Waals surface area (Å²) >= 11 is 0. The molecular weight excluding hydrogens is 145 g/mol. The minimum absolute atomic E-state index is 0.0917. The Morgan fingerprint density at radius 3 is 2.22 bits per heavy atom. The molecule has 0 saturated heterocycles. The van der Waals surface area contributed by atoms with Gasteiger partial charge in [-0.15, -0.1) is 0 Å². The molecule has 0 atom stereocenters. The summed E-state index contributed by atoms with van der Waals surface area (Å²) in [6.07, 6.45) is 0.0917. The summed E-state index contributed by atoms with van der Waals surface area (Å²) < 4.78 is 10.1. The third-order valence-electron chi connectivity index (χ3n) is 0.661. The van der Waals surface area contributed by atoms with Crippen LogP contribution < -0.4 is 0 Å². The molecule has 0 aromatic heterocycles. The minimum Gasteiger partial charge on any atom is -0.320 e. The van der Waals surface area contributed by atoms with E-state index in [9.17, 15) is 9.36 Å². The summed E-state index contributed by atoms with van der Waals surface area (Å²) in [5, 5.41) is 0. The molecule has 2 N–H and O–H groups in total. The molecule has 0 aromatic rings. The summed E-state index contributed by atoms with van der Waals surface area (Å²) in [4.78, 5) is 28.9. The highest BCUT2D eigenvalue weighted by molar-refractivity contribution is 7.70. The summed E-state index contributed by atoms with van der Waals surface area (Å²) in [6, 6.07) is 0. The molecule has 0 aliphatic heterocycles. The fourth-order valence-electron chi connectivity index (χ4n) is 0.151. The Bertz CT molecular complexity index is 180. The van der Waals surface area contributed by atoms with Crippen molar-refractivity contribution in [3.63, 3.8) is 0 Å². The van der Waals surface area contributed by atoms with E-state index < -0.39 is 13.0 Å². The number of rotatable bonds is 2. The van der Waals surface area contributed by atoms with E-state index in [1.165, 1.54) is 0 Å². The predicted molar refractivity (Wildman–Crippen MR) is 31.2 cm³/mol. The van der Waals surface area contributed by atoms with Gasteiger partial charge < -0.3 is 9.79 Å². The molecular formula is C3H6NO4P. The molecule has 0 bridgehead atoms. The molecule has 0 radical (unpaired) electrons. The van der Waals surface area contributed by atoms with Gasteiger partial charge in [0.2, 0.25) is 6.41 Å². The Morgan fingerprint density at radius 2 is 2.11 bits per heavy atom. The third-order valence-corrected chi connectivity index (χ3v) is 1.62. The standard InChI is InChI=1S/C3H6NO4P/c1-3(4-2-5)9(6,7)8/h2H,1H3,(H2,6,7,8). The van der Waals surface area contributed by atoms with Crippen molar-refractivity contribution >= 4 is 19.5 Å². The van der Waals surface area contributed by atoms with Crippen LogP contribution in [-0.4, -0.2) is 21.6 Å². The van der Waals surface area contributed by atoms with Crippen molar-refractivity contribution < 1.29 is 19.1 Å². The average molecular weight is 151 g/mol. The van der Waals surface area contributed by atoms with Gasteiger partial charge in [0.1, 0.15) is 5.45 Å². The first-order valence-electron chi connectivity index (χ1n) is 2.02. The van der Waals surface area contributed by atoms with Crippen molar-refractivity contribution in [2.24, 2.45) is 4.99 Å². The lowest BCUT2D eigenvalue weighted by atomic mass is 10.9. The van der Waals surface area contributed by atoms with Crippen molar-refractivity contribution in [3.8, 4) is 0 Å². The number of hydrogen-bond donors (Lipinski definition) is 2. The van der Waals surface area contributed by atoms with Crippen LogP contribution in [0.5, 0.6) is 0 Å². The Kier molecular flexibility index (Phi) is 2.70. The van der Waals surface area contributed by atoms with Gasteiger partial charge in [-0.05, 0) is 6.92 Å². The summed E-state index contributed by atoms with van der Waals surface area (Å²) in [6.45, 7) is 1.09. The highest BCUT2D eigenvalue weighted by Gasteiger charge is 2.16. The molecule has 0 aliphatic carbocycles. The molecule has 0 aliphatic rings. The Labute approximate surface area is 51.6 Å². The molecule has 0 aromatic carbocycles. The third kappa shape index (κ3) is 3.13. The van der Waals surface area contributed by atoms with Crippen LogP contribution in [0.1, 0.15) is 6.92 Å². The second-order valence-electron chi connectivity index (χ2n) is 1.33. The van der Waals surface area contributed by atoms with Crippen LogP contribution in [-0.2, 0) is 9.36 Å². The van der Waals surface area contributed by atoms with Crippen molar-refractivity contribution in [1.29, 1.82) is 0 Å². The summed E-state index contributed by atoms with van der Waals surface area (Å²) in [5.74, 6) is 0. The molecule has 5 nitrogen and oxygen atoms in total. The van der Waals surface area contributed by atoms with Gasteiger partial charge in [-0.1, -0.05) is 0 Å². The van der Waals surface area contributed by atoms with Gasteiger partial charge >= 0.3 is 7.60 Å². The molecule has 0 fully saturated rings. The van der Waals surface area contributed by atoms with Crippen molar-refractivity contribution in [2.75, 3.05) is 0 Å². The van der Waals surface area contributed by atoms with Gasteiger partial charge in [-0.25, -0.2) is 4.99 Å². The van der Waals surface area contributed by atoms with Gasteiger partial charge in [0.05, 0.1) is 0 Å². The maximum absolute atomic E-state index is 10.1. The first kappa shape index (κ1) is 8.49. The monoisotopic (exact) mass is 151 g/mol. The first-order valence-corrected chi connectivity index (χ1v) is 3.64. The van der Waals surface area contributed by atoms with Crippen LogP contribution in [0.25, 0.3) is 0 Å². The van der Waals surface area contributed by atoms with Crippen LogP contribution in [0.2, 0.25) is 0 Å². The predicted octanol–water partition coefficient (Wildman–Crippen LogP) is -0.261. The zero-order chi connectivity index (χ0) is 7.49. The molecule has 0 spiro atoms. The number of amides is 1. The summed E-state index contributed by atoms with van der Waals surface area (Å²) in [7, 11) is -4.25. The van der Waals surface area contributed by atoms with Gasteiger partial charge in [-0.2, -0.15) is 0 Å². The van der Waals surface area contributed by atoms with E-state index in [-0.39, 0.29) is 6.41 Å². The fraction of sp³-hybridized carbons (Fsp3) is 0.333. The lowest BCUT2D eigenvalue weighted by Gasteiger charge is -1.97. The van der Waals surface area contributed by atoms with E-state index in [0.717, 1.165) is 6.92 Å². The quantitative estimate of drug-likeness (QED) is 0.323. The Morgan fingerprint density at radius 1 is 1.67 bits per heavy atom. The van der Waals surface area contributed by atoms with Crippen LogP contribution in [0.15, 0.2) is 4.99 Å². The van der Waals surface area contributed by atoms with E-state index in [4.69, 9.17) is 9.79 Å². The van der Waals surface area contributed by atoms with E-state index in [1.807, 2.05) is 0 Å². The Hall–Kier alpha value is -0.510. The number of nitrogens with zero attached hydrogens (tertiary/aromatic N) is 1. The number of carbonyl (C=O) groups is 1. The number of aliphatic imine (C=N–C) groups is 1. The molecule has 0 heterocycles. The van der Waals surface area contributed by atoms with Gasteiger partial charge in [0.15, 0.2) is 0 Å². The van der Waals surface area contributed by atoms with E-state index >= 15 is 0 Å². The lowest BCUT2D eigenvalue weighted by Crippen LogP contribution is -1.92. The molecule has 0 unspecified atom stereocenters. The van der Waals surface area contributed by atoms with Crippen molar-refractivity contribution in [3.05, 3.63) is 0 Å². The highest BCUT2D eigenvalue weighted by atomic mass is 31.2. The van der Waals surface area contributed by atoms with Crippen LogP contribution >= 0.6 is 7.60 Å².